The molecule has 6 heteroatoms. The molecule has 1 amide bonds. The highest BCUT2D eigenvalue weighted by Crippen LogP contribution is 2.20. The van der Waals surface area contributed by atoms with E-state index in [1.807, 2.05) is 31.3 Å². The van der Waals surface area contributed by atoms with E-state index in [0.29, 0.717) is 6.42 Å². The maximum atomic E-state index is 12.1. The van der Waals surface area contributed by atoms with Crippen LogP contribution in [0.25, 0.3) is 0 Å². The number of methoxy groups -OCH3 is 1. The van der Waals surface area contributed by atoms with Gasteiger partial charge in [-0.15, -0.1) is 12.4 Å². The van der Waals surface area contributed by atoms with Crippen LogP contribution in [-0.4, -0.2) is 51.1 Å². The van der Waals surface area contributed by atoms with Crippen LogP contribution in [0.1, 0.15) is 25.7 Å². The summed E-state index contributed by atoms with van der Waals surface area (Å²) >= 11 is 0. The second-order valence-electron chi connectivity index (χ2n) is 6.21. The van der Waals surface area contributed by atoms with Crippen LogP contribution in [0.5, 0.6) is 5.75 Å². The van der Waals surface area contributed by atoms with E-state index in [1.54, 1.807) is 7.11 Å². The Bertz CT molecular complexity index is 491. The molecule has 1 heterocycles. The maximum absolute atomic E-state index is 12.1. The van der Waals surface area contributed by atoms with Gasteiger partial charge in [-0.05, 0) is 64.0 Å². The predicted molar refractivity (Wildman–Crippen MR) is 101 cm³/mol. The van der Waals surface area contributed by atoms with E-state index in [2.05, 4.69) is 15.5 Å². The fourth-order valence-corrected chi connectivity index (χ4v) is 3.03. The molecular weight excluding hydrogens is 326 g/mol. The van der Waals surface area contributed by atoms with Gasteiger partial charge in [-0.3, -0.25) is 4.79 Å². The van der Waals surface area contributed by atoms with Crippen molar-refractivity contribution in [3.8, 4) is 5.75 Å². The third-order valence-corrected chi connectivity index (χ3v) is 4.52. The highest BCUT2D eigenvalue weighted by atomic mass is 35.5. The van der Waals surface area contributed by atoms with Crippen LogP contribution in [0, 0.1) is 5.92 Å². The van der Waals surface area contributed by atoms with E-state index >= 15 is 0 Å². The first-order chi connectivity index (χ1) is 11.2. The first kappa shape index (κ1) is 20.7. The molecule has 5 nitrogen and oxygen atoms in total. The second-order valence-corrected chi connectivity index (χ2v) is 6.21. The zero-order valence-corrected chi connectivity index (χ0v) is 15.5. The van der Waals surface area contributed by atoms with Gasteiger partial charge in [0.2, 0.25) is 5.91 Å². The number of hydrogen-bond acceptors (Lipinski definition) is 4. The number of rotatable bonds is 8. The number of carbonyl (C=O) groups excluding carboxylic acids is 1. The van der Waals surface area contributed by atoms with Crippen LogP contribution in [0.15, 0.2) is 24.3 Å². The summed E-state index contributed by atoms with van der Waals surface area (Å²) in [5.74, 6) is 1.66. The Labute approximate surface area is 151 Å². The summed E-state index contributed by atoms with van der Waals surface area (Å²) in [6.45, 7) is 4.17. The molecule has 0 bridgehead atoms. The van der Waals surface area contributed by atoms with Gasteiger partial charge in [-0.25, -0.2) is 0 Å². The molecule has 1 aromatic carbocycles. The Morgan fingerprint density at radius 1 is 1.33 bits per heavy atom. The molecule has 2 N–H and O–H groups in total. The number of amides is 1. The van der Waals surface area contributed by atoms with Crippen LogP contribution in [0.3, 0.4) is 0 Å². The Hall–Kier alpha value is -1.30. The molecule has 0 aromatic heterocycles. The fraction of sp³-hybridized carbons (Fsp3) is 0.611. The number of hydrogen-bond donors (Lipinski definition) is 2. The van der Waals surface area contributed by atoms with Crippen molar-refractivity contribution >= 4 is 24.0 Å². The number of carbonyl (C=O) groups is 1. The van der Waals surface area contributed by atoms with Crippen molar-refractivity contribution in [1.29, 1.82) is 0 Å². The average molecular weight is 356 g/mol. The minimum absolute atomic E-state index is 0. The van der Waals surface area contributed by atoms with E-state index in [-0.39, 0.29) is 18.3 Å². The van der Waals surface area contributed by atoms with Gasteiger partial charge in [0.05, 0.1) is 7.11 Å². The number of nitrogens with zero attached hydrogens (tertiary/aromatic N) is 1. The van der Waals surface area contributed by atoms with Crippen LogP contribution in [0.2, 0.25) is 0 Å². The van der Waals surface area contributed by atoms with Crippen molar-refractivity contribution in [2.24, 2.45) is 5.92 Å². The molecule has 0 spiro atoms. The van der Waals surface area contributed by atoms with Crippen LogP contribution in [0.4, 0.5) is 5.69 Å². The smallest absolute Gasteiger partial charge is 0.225 e. The summed E-state index contributed by atoms with van der Waals surface area (Å²) in [4.78, 5) is 14.5. The molecule has 0 saturated carbocycles. The monoisotopic (exact) mass is 355 g/mol. The Kier molecular flexibility index (Phi) is 9.76. The number of piperidine rings is 1. The van der Waals surface area contributed by atoms with Gasteiger partial charge >= 0.3 is 0 Å². The molecule has 0 aliphatic carbocycles. The van der Waals surface area contributed by atoms with Crippen molar-refractivity contribution in [2.45, 2.75) is 25.7 Å². The standard InChI is InChI=1S/C18H29N3O2.ClH/c1-19-10-6-15-7-11-21(12-8-15)13-9-18(22)20-16-4-3-5-17(14-16)23-2;/h3-5,14-15,19H,6-13H2,1-2H3,(H,20,22);1H. The number of benzene rings is 1. The van der Waals surface area contributed by atoms with E-state index in [1.165, 1.54) is 19.3 Å². The minimum Gasteiger partial charge on any atom is -0.497 e. The summed E-state index contributed by atoms with van der Waals surface area (Å²) in [5.41, 5.74) is 0.792. The predicted octanol–water partition coefficient (Wildman–Crippen LogP) is 2.77. The Balaban J connectivity index is 0.00000288. The van der Waals surface area contributed by atoms with Gasteiger partial charge in [0.15, 0.2) is 0 Å². The third-order valence-electron chi connectivity index (χ3n) is 4.52. The first-order valence-electron chi connectivity index (χ1n) is 8.52. The van der Waals surface area contributed by atoms with Crippen molar-refractivity contribution in [3.63, 3.8) is 0 Å². The topological polar surface area (TPSA) is 53.6 Å². The number of nitrogens with one attached hydrogen (secondary N) is 2. The Morgan fingerprint density at radius 2 is 2.08 bits per heavy atom. The molecule has 24 heavy (non-hydrogen) atoms. The lowest BCUT2D eigenvalue weighted by Gasteiger charge is -2.31. The molecule has 0 atom stereocenters. The summed E-state index contributed by atoms with van der Waals surface area (Å²) in [7, 11) is 3.64. The quantitative estimate of drug-likeness (QED) is 0.753. The lowest BCUT2D eigenvalue weighted by atomic mass is 9.93. The zero-order valence-electron chi connectivity index (χ0n) is 14.7. The molecule has 1 fully saturated rings. The van der Waals surface area contributed by atoms with Crippen LogP contribution >= 0.6 is 12.4 Å². The van der Waals surface area contributed by atoms with Crippen LogP contribution in [-0.2, 0) is 4.79 Å². The SMILES string of the molecule is CNCCC1CCN(CCC(=O)Nc2cccc(OC)c2)CC1.Cl. The fourth-order valence-electron chi connectivity index (χ4n) is 3.03. The largest absolute Gasteiger partial charge is 0.497 e. The van der Waals surface area contributed by atoms with Crippen molar-refractivity contribution in [2.75, 3.05) is 45.7 Å². The molecule has 1 aromatic rings. The normalized spacial score (nSPS) is 15.6. The first-order valence-corrected chi connectivity index (χ1v) is 8.52. The molecule has 2 rings (SSSR count). The number of halogens is 1. The van der Waals surface area contributed by atoms with Gasteiger partial charge in [0, 0.05) is 24.7 Å². The van der Waals surface area contributed by atoms with Gasteiger partial charge < -0.3 is 20.3 Å². The molecule has 0 unspecified atom stereocenters. The third kappa shape index (κ3) is 7.07. The van der Waals surface area contributed by atoms with E-state index in [9.17, 15) is 4.79 Å². The number of ether oxygens (including phenoxy) is 1. The second kappa shape index (κ2) is 11.3. The van der Waals surface area contributed by atoms with E-state index in [0.717, 1.165) is 43.5 Å². The van der Waals surface area contributed by atoms with E-state index < -0.39 is 0 Å². The van der Waals surface area contributed by atoms with Gasteiger partial charge in [-0.1, -0.05) is 6.07 Å². The van der Waals surface area contributed by atoms with E-state index in [4.69, 9.17) is 4.74 Å². The molecule has 136 valence electrons. The Morgan fingerprint density at radius 3 is 2.75 bits per heavy atom. The molecule has 1 aliphatic rings. The molecule has 0 radical (unpaired) electrons. The molecular formula is C18H30ClN3O2. The summed E-state index contributed by atoms with van der Waals surface area (Å²) in [6, 6.07) is 7.47. The van der Waals surface area contributed by atoms with Gasteiger partial charge in [-0.2, -0.15) is 0 Å². The molecule has 1 aliphatic heterocycles. The highest BCUT2D eigenvalue weighted by Gasteiger charge is 2.19. The minimum atomic E-state index is 0. The summed E-state index contributed by atoms with van der Waals surface area (Å²) in [6.07, 6.45) is 4.30. The lowest BCUT2D eigenvalue weighted by molar-refractivity contribution is -0.116. The summed E-state index contributed by atoms with van der Waals surface area (Å²) < 4.78 is 5.17. The van der Waals surface area contributed by atoms with Crippen LogP contribution < -0.4 is 15.4 Å². The number of likely N-dealkylation sites (tertiary alicyclic amines) is 1. The van der Waals surface area contributed by atoms with Gasteiger partial charge in [0.1, 0.15) is 5.75 Å². The highest BCUT2D eigenvalue weighted by molar-refractivity contribution is 5.91. The zero-order chi connectivity index (χ0) is 16.5. The van der Waals surface area contributed by atoms with Crippen molar-refractivity contribution < 1.29 is 9.53 Å². The van der Waals surface area contributed by atoms with Gasteiger partial charge in [0.25, 0.3) is 0 Å². The summed E-state index contributed by atoms with van der Waals surface area (Å²) in [5, 5.41) is 6.16. The average Bonchev–Trinajstić information content (AvgIpc) is 2.59. The lowest BCUT2D eigenvalue weighted by Crippen LogP contribution is -2.36. The maximum Gasteiger partial charge on any atom is 0.225 e. The van der Waals surface area contributed by atoms with Crippen molar-refractivity contribution in [3.05, 3.63) is 24.3 Å². The molecule has 1 saturated heterocycles. The number of anilines is 1. The van der Waals surface area contributed by atoms with Crippen molar-refractivity contribution in [1.82, 2.24) is 10.2 Å².